The van der Waals surface area contributed by atoms with Gasteiger partial charge in [-0.3, -0.25) is 0 Å². The van der Waals surface area contributed by atoms with Crippen LogP contribution in [-0.2, 0) is 23.0 Å². The predicted octanol–water partition coefficient (Wildman–Crippen LogP) is 2.84. The highest BCUT2D eigenvalue weighted by Crippen LogP contribution is 2.15. The highest BCUT2D eigenvalue weighted by atomic mass is 32.2. The van der Waals surface area contributed by atoms with Crippen molar-refractivity contribution in [2.24, 2.45) is 0 Å². The third-order valence-corrected chi connectivity index (χ3v) is 4.83. The highest BCUT2D eigenvalue weighted by Gasteiger charge is 2.18. The van der Waals surface area contributed by atoms with E-state index < -0.39 is 15.8 Å². The summed E-state index contributed by atoms with van der Waals surface area (Å²) in [4.78, 5) is 0. The van der Waals surface area contributed by atoms with E-state index in [4.69, 9.17) is 4.74 Å². The lowest BCUT2D eigenvalue weighted by molar-refractivity contribution is 0.404. The van der Waals surface area contributed by atoms with Crippen LogP contribution in [0.1, 0.15) is 11.1 Å². The quantitative estimate of drug-likeness (QED) is 0.780. The fourth-order valence-corrected chi connectivity index (χ4v) is 3.02. The Kier molecular flexibility index (Phi) is 5.74. The monoisotopic (exact) mass is 337 g/mol. The van der Waals surface area contributed by atoms with Gasteiger partial charge >= 0.3 is 0 Å². The Bertz CT molecular complexity index is 745. The van der Waals surface area contributed by atoms with Crippen molar-refractivity contribution in [3.8, 4) is 5.75 Å². The van der Waals surface area contributed by atoms with Crippen LogP contribution in [-0.4, -0.2) is 32.6 Å². The van der Waals surface area contributed by atoms with Gasteiger partial charge in [0, 0.05) is 18.7 Å². The van der Waals surface area contributed by atoms with Gasteiger partial charge in [0.25, 0.3) is 0 Å². The molecule has 6 heteroatoms. The second-order valence-electron chi connectivity index (χ2n) is 5.29. The van der Waals surface area contributed by atoms with Crippen LogP contribution in [0, 0.1) is 5.82 Å². The number of ether oxygens (including phenoxy) is 1. The van der Waals surface area contributed by atoms with Gasteiger partial charge in [-0.05, 0) is 30.2 Å². The minimum Gasteiger partial charge on any atom is -0.497 e. The first-order chi connectivity index (χ1) is 10.9. The van der Waals surface area contributed by atoms with Gasteiger partial charge in [-0.25, -0.2) is 12.8 Å². The summed E-state index contributed by atoms with van der Waals surface area (Å²) in [7, 11) is -1.83. The average Bonchev–Trinajstić information content (AvgIpc) is 2.52. The third-order valence-electron chi connectivity index (χ3n) is 3.58. The number of nitrogens with zero attached hydrogens (tertiary/aromatic N) is 1. The van der Waals surface area contributed by atoms with E-state index in [1.54, 1.807) is 25.3 Å². The van der Waals surface area contributed by atoms with Crippen molar-refractivity contribution in [1.29, 1.82) is 0 Å². The number of hydrogen-bond acceptors (Lipinski definition) is 3. The molecule has 0 aliphatic rings. The molecule has 23 heavy (non-hydrogen) atoms. The molecular weight excluding hydrogens is 317 g/mol. The van der Waals surface area contributed by atoms with Crippen LogP contribution < -0.4 is 4.74 Å². The minimum atomic E-state index is -3.42. The molecule has 0 radical (unpaired) electrons. The van der Waals surface area contributed by atoms with Crippen molar-refractivity contribution in [3.63, 3.8) is 0 Å². The van der Waals surface area contributed by atoms with E-state index in [-0.39, 0.29) is 6.54 Å². The summed E-state index contributed by atoms with van der Waals surface area (Å²) >= 11 is 0. The predicted molar refractivity (Wildman–Crippen MR) is 88.4 cm³/mol. The lowest BCUT2D eigenvalue weighted by Crippen LogP contribution is -2.31. The maximum atomic E-state index is 13.7. The molecule has 0 aliphatic carbocycles. The largest absolute Gasteiger partial charge is 0.497 e. The fraction of sp³-hybridized carbons (Fsp3) is 0.294. The van der Waals surface area contributed by atoms with E-state index in [1.807, 2.05) is 24.3 Å². The van der Waals surface area contributed by atoms with Gasteiger partial charge in [-0.1, -0.05) is 30.3 Å². The van der Waals surface area contributed by atoms with E-state index in [9.17, 15) is 12.8 Å². The van der Waals surface area contributed by atoms with Gasteiger partial charge in [-0.15, -0.1) is 0 Å². The molecule has 4 nitrogen and oxygen atoms in total. The lowest BCUT2D eigenvalue weighted by atomic mass is 10.1. The SMILES string of the molecule is COc1ccc(CCN(Cc2ccccc2F)S(C)(=O)=O)cc1. The molecule has 2 aromatic carbocycles. The van der Waals surface area contributed by atoms with Crippen molar-refractivity contribution in [2.75, 3.05) is 19.9 Å². The van der Waals surface area contributed by atoms with Crippen LogP contribution in [0.25, 0.3) is 0 Å². The normalized spacial score (nSPS) is 11.7. The molecule has 0 N–H and O–H groups in total. The molecule has 0 saturated carbocycles. The molecular formula is C17H20FNO3S. The van der Waals surface area contributed by atoms with E-state index in [2.05, 4.69) is 0 Å². The second kappa shape index (κ2) is 7.57. The molecule has 0 saturated heterocycles. The molecule has 2 aromatic rings. The van der Waals surface area contributed by atoms with Crippen LogP contribution in [0.5, 0.6) is 5.75 Å². The number of benzene rings is 2. The Morgan fingerprint density at radius 2 is 1.74 bits per heavy atom. The summed E-state index contributed by atoms with van der Waals surface area (Å²) in [6, 6.07) is 13.7. The van der Waals surface area contributed by atoms with E-state index in [0.29, 0.717) is 18.5 Å². The number of halogens is 1. The van der Waals surface area contributed by atoms with Crippen molar-refractivity contribution < 1.29 is 17.5 Å². The van der Waals surface area contributed by atoms with Crippen molar-refractivity contribution >= 4 is 10.0 Å². The molecule has 0 amide bonds. The van der Waals surface area contributed by atoms with Crippen molar-refractivity contribution in [2.45, 2.75) is 13.0 Å². The summed E-state index contributed by atoms with van der Waals surface area (Å²) in [5.41, 5.74) is 1.36. The van der Waals surface area contributed by atoms with E-state index in [1.165, 1.54) is 10.4 Å². The Labute approximate surface area is 136 Å². The minimum absolute atomic E-state index is 0.0294. The van der Waals surface area contributed by atoms with Crippen molar-refractivity contribution in [3.05, 3.63) is 65.5 Å². The zero-order valence-corrected chi connectivity index (χ0v) is 14.0. The van der Waals surface area contributed by atoms with Crippen LogP contribution in [0.3, 0.4) is 0 Å². The zero-order chi connectivity index (χ0) is 16.9. The first kappa shape index (κ1) is 17.4. The number of methoxy groups -OCH3 is 1. The number of sulfonamides is 1. The first-order valence-corrected chi connectivity index (χ1v) is 9.06. The number of rotatable bonds is 7. The first-order valence-electron chi connectivity index (χ1n) is 7.21. The molecule has 0 heterocycles. The molecule has 0 fully saturated rings. The summed E-state index contributed by atoms with van der Waals surface area (Å²) < 4.78 is 44.0. The van der Waals surface area contributed by atoms with Gasteiger partial charge in [0.2, 0.25) is 10.0 Å². The van der Waals surface area contributed by atoms with Crippen LogP contribution in [0.15, 0.2) is 48.5 Å². The number of hydrogen-bond donors (Lipinski definition) is 0. The Morgan fingerprint density at radius 3 is 2.30 bits per heavy atom. The highest BCUT2D eigenvalue weighted by molar-refractivity contribution is 7.88. The summed E-state index contributed by atoms with van der Waals surface area (Å²) in [6.45, 7) is 0.321. The topological polar surface area (TPSA) is 46.6 Å². The molecule has 0 spiro atoms. The van der Waals surface area contributed by atoms with E-state index in [0.717, 1.165) is 17.6 Å². The van der Waals surface area contributed by atoms with Crippen LogP contribution in [0.4, 0.5) is 4.39 Å². The average molecular weight is 337 g/mol. The fourth-order valence-electron chi connectivity index (χ4n) is 2.22. The van der Waals surface area contributed by atoms with Gasteiger partial charge in [0.15, 0.2) is 0 Å². The maximum Gasteiger partial charge on any atom is 0.211 e. The zero-order valence-electron chi connectivity index (χ0n) is 13.2. The molecule has 0 bridgehead atoms. The molecule has 0 aromatic heterocycles. The van der Waals surface area contributed by atoms with Gasteiger partial charge in [-0.2, -0.15) is 4.31 Å². The van der Waals surface area contributed by atoms with Gasteiger partial charge in [0.05, 0.1) is 13.4 Å². The molecule has 0 unspecified atom stereocenters. The Morgan fingerprint density at radius 1 is 1.09 bits per heavy atom. The second-order valence-corrected chi connectivity index (χ2v) is 7.27. The summed E-state index contributed by atoms with van der Waals surface area (Å²) in [5, 5.41) is 0. The standard InChI is InChI=1S/C17H20FNO3S/c1-22-16-9-7-14(8-10-16)11-12-19(23(2,20)21)13-15-5-3-4-6-17(15)18/h3-10H,11-13H2,1-2H3. The molecule has 0 atom stereocenters. The van der Waals surface area contributed by atoms with E-state index >= 15 is 0 Å². The van der Waals surface area contributed by atoms with Gasteiger partial charge < -0.3 is 4.74 Å². The van der Waals surface area contributed by atoms with Gasteiger partial charge in [0.1, 0.15) is 11.6 Å². The smallest absolute Gasteiger partial charge is 0.211 e. The Balaban J connectivity index is 2.09. The summed E-state index contributed by atoms with van der Waals surface area (Å²) in [5.74, 6) is 0.352. The molecule has 124 valence electrons. The summed E-state index contributed by atoms with van der Waals surface area (Å²) in [6.07, 6.45) is 1.69. The van der Waals surface area contributed by atoms with Crippen LogP contribution >= 0.6 is 0 Å². The molecule has 2 rings (SSSR count). The van der Waals surface area contributed by atoms with Crippen LogP contribution in [0.2, 0.25) is 0 Å². The van der Waals surface area contributed by atoms with Crippen molar-refractivity contribution in [1.82, 2.24) is 4.31 Å². The lowest BCUT2D eigenvalue weighted by Gasteiger charge is -2.20. The Hall–Kier alpha value is -1.92. The molecule has 0 aliphatic heterocycles. The maximum absolute atomic E-state index is 13.7. The third kappa shape index (κ3) is 5.04.